The SMILES string of the molecule is c1ccc(-c2ccc(-c3nc(-c4ccccc4)nc(-c4cccc5c4oc4ccc(-c6cccc(-c7ccc8sc9ccccc9c8c7)c6)cc45)n3)cc2)cc1. The van der Waals surface area contributed by atoms with Gasteiger partial charge in [-0.15, -0.1) is 11.3 Å². The molecule has 0 saturated heterocycles. The van der Waals surface area contributed by atoms with Crippen molar-refractivity contribution in [3.05, 3.63) is 188 Å². The van der Waals surface area contributed by atoms with Crippen molar-refractivity contribution in [1.82, 2.24) is 15.0 Å². The summed E-state index contributed by atoms with van der Waals surface area (Å²) in [5.74, 6) is 1.78. The van der Waals surface area contributed by atoms with Crippen molar-refractivity contribution in [2.45, 2.75) is 0 Å². The fourth-order valence-electron chi connectivity index (χ4n) is 7.72. The van der Waals surface area contributed by atoms with Gasteiger partial charge in [-0.2, -0.15) is 0 Å². The van der Waals surface area contributed by atoms with Crippen molar-refractivity contribution < 1.29 is 4.42 Å². The maximum absolute atomic E-state index is 6.65. The van der Waals surface area contributed by atoms with E-state index in [1.807, 2.05) is 53.8 Å². The third kappa shape index (κ3) is 5.65. The van der Waals surface area contributed by atoms with E-state index in [-0.39, 0.29) is 0 Å². The number of nitrogens with zero attached hydrogens (tertiary/aromatic N) is 3. The van der Waals surface area contributed by atoms with Gasteiger partial charge >= 0.3 is 0 Å². The molecule has 0 radical (unpaired) electrons. The third-order valence-corrected chi connectivity index (χ3v) is 11.7. The second kappa shape index (κ2) is 13.3. The summed E-state index contributed by atoms with van der Waals surface area (Å²) < 4.78 is 9.28. The van der Waals surface area contributed by atoms with Gasteiger partial charge < -0.3 is 4.42 Å². The lowest BCUT2D eigenvalue weighted by Gasteiger charge is -2.09. The average Bonchev–Trinajstić information content (AvgIpc) is 3.85. The normalized spacial score (nSPS) is 11.6. The van der Waals surface area contributed by atoms with Crippen molar-refractivity contribution >= 4 is 53.4 Å². The third-order valence-electron chi connectivity index (χ3n) is 10.6. The Kier molecular flexibility index (Phi) is 7.64. The zero-order valence-electron chi connectivity index (χ0n) is 30.1. The van der Waals surface area contributed by atoms with Crippen LogP contribution in [0.1, 0.15) is 0 Å². The maximum Gasteiger partial charge on any atom is 0.167 e. The van der Waals surface area contributed by atoms with Crippen molar-refractivity contribution in [3.63, 3.8) is 0 Å². The molecule has 5 heteroatoms. The molecule has 0 N–H and O–H groups in total. The van der Waals surface area contributed by atoms with Crippen LogP contribution >= 0.6 is 11.3 Å². The minimum Gasteiger partial charge on any atom is -0.455 e. The fourth-order valence-corrected chi connectivity index (χ4v) is 8.81. The van der Waals surface area contributed by atoms with Gasteiger partial charge in [0.05, 0.1) is 5.56 Å². The molecule has 0 atom stereocenters. The van der Waals surface area contributed by atoms with Gasteiger partial charge in [0.1, 0.15) is 11.2 Å². The van der Waals surface area contributed by atoms with Crippen LogP contribution in [0.5, 0.6) is 0 Å². The summed E-state index contributed by atoms with van der Waals surface area (Å²) in [6, 6.07) is 65.8. The van der Waals surface area contributed by atoms with E-state index in [4.69, 9.17) is 19.4 Å². The van der Waals surface area contributed by atoms with E-state index in [2.05, 4.69) is 146 Å². The average molecular weight is 734 g/mol. The highest BCUT2D eigenvalue weighted by Gasteiger charge is 2.18. The summed E-state index contributed by atoms with van der Waals surface area (Å²) in [6.07, 6.45) is 0. The zero-order valence-corrected chi connectivity index (χ0v) is 30.9. The summed E-state index contributed by atoms with van der Waals surface area (Å²) in [6.45, 7) is 0. The first kappa shape index (κ1) is 32.2. The Morgan fingerprint density at radius 3 is 1.59 bits per heavy atom. The van der Waals surface area contributed by atoms with Crippen LogP contribution in [-0.4, -0.2) is 15.0 Å². The minimum atomic E-state index is 0.564. The molecule has 3 heterocycles. The smallest absolute Gasteiger partial charge is 0.167 e. The number of rotatable bonds is 6. The first-order valence-corrected chi connectivity index (χ1v) is 19.5. The van der Waals surface area contributed by atoms with Gasteiger partial charge in [-0.3, -0.25) is 0 Å². The number of thiophene rings is 1. The Balaban J connectivity index is 0.995. The maximum atomic E-state index is 6.65. The van der Waals surface area contributed by atoms with Crippen LogP contribution < -0.4 is 0 Å². The van der Waals surface area contributed by atoms with E-state index in [9.17, 15) is 0 Å². The van der Waals surface area contributed by atoms with E-state index >= 15 is 0 Å². The molecule has 0 aliphatic heterocycles. The number of furan rings is 1. The van der Waals surface area contributed by atoms with Crippen LogP contribution in [0.2, 0.25) is 0 Å². The lowest BCUT2D eigenvalue weighted by molar-refractivity contribution is 0.669. The van der Waals surface area contributed by atoms with Crippen LogP contribution in [0.25, 0.3) is 110 Å². The predicted octanol–water partition coefficient (Wildman–Crippen LogP) is 14.1. The molecule has 262 valence electrons. The molecule has 0 unspecified atom stereocenters. The molecule has 4 nitrogen and oxygen atoms in total. The first-order chi connectivity index (χ1) is 27.7. The summed E-state index contributed by atoms with van der Waals surface area (Å²) in [5, 5.41) is 4.67. The predicted molar refractivity (Wildman–Crippen MR) is 233 cm³/mol. The number of hydrogen-bond acceptors (Lipinski definition) is 5. The van der Waals surface area contributed by atoms with Crippen LogP contribution in [0, 0.1) is 0 Å². The molecular weight excluding hydrogens is 703 g/mol. The Labute approximate surface area is 327 Å². The van der Waals surface area contributed by atoms with Gasteiger partial charge in [0.2, 0.25) is 0 Å². The lowest BCUT2D eigenvalue weighted by Crippen LogP contribution is -2.00. The highest BCUT2D eigenvalue weighted by molar-refractivity contribution is 7.25. The van der Waals surface area contributed by atoms with E-state index < -0.39 is 0 Å². The fraction of sp³-hybridized carbons (Fsp3) is 0. The van der Waals surface area contributed by atoms with Crippen molar-refractivity contribution in [1.29, 1.82) is 0 Å². The monoisotopic (exact) mass is 733 g/mol. The summed E-state index contributed by atoms with van der Waals surface area (Å²) in [4.78, 5) is 15.1. The van der Waals surface area contributed by atoms with E-state index in [1.165, 1.54) is 31.3 Å². The van der Waals surface area contributed by atoms with Crippen molar-refractivity contribution in [2.75, 3.05) is 0 Å². The number of para-hydroxylation sites is 1. The first-order valence-electron chi connectivity index (χ1n) is 18.7. The number of hydrogen-bond donors (Lipinski definition) is 0. The van der Waals surface area contributed by atoms with Crippen LogP contribution in [0.4, 0.5) is 0 Å². The van der Waals surface area contributed by atoms with Gasteiger partial charge in [0.15, 0.2) is 17.5 Å². The minimum absolute atomic E-state index is 0.564. The Morgan fingerprint density at radius 1 is 0.321 bits per heavy atom. The molecule has 0 spiro atoms. The van der Waals surface area contributed by atoms with Gasteiger partial charge in [-0.25, -0.2) is 15.0 Å². The molecule has 0 bridgehead atoms. The van der Waals surface area contributed by atoms with Crippen LogP contribution in [0.3, 0.4) is 0 Å². The topological polar surface area (TPSA) is 51.8 Å². The quantitative estimate of drug-likeness (QED) is 0.171. The molecule has 8 aromatic carbocycles. The highest BCUT2D eigenvalue weighted by atomic mass is 32.1. The van der Waals surface area contributed by atoms with Crippen molar-refractivity contribution in [2.24, 2.45) is 0 Å². The van der Waals surface area contributed by atoms with E-state index in [1.54, 1.807) is 0 Å². The largest absolute Gasteiger partial charge is 0.455 e. The molecule has 0 aliphatic carbocycles. The van der Waals surface area contributed by atoms with Crippen LogP contribution in [-0.2, 0) is 0 Å². The zero-order chi connectivity index (χ0) is 37.0. The van der Waals surface area contributed by atoms with Gasteiger partial charge in [-0.05, 0) is 75.8 Å². The molecular formula is C51H31N3OS. The Morgan fingerprint density at radius 2 is 0.821 bits per heavy atom. The Bertz CT molecular complexity index is 3240. The standard InChI is InChI=1S/C51H31N3OS/c1-3-11-32(12-4-1)33-21-23-35(24-22-33)50-52-49(34-13-5-2-6-14-34)53-51(54-50)42-19-10-18-41-43-30-38(25-27-45(43)55-48(41)42)36-15-9-16-37(29-36)39-26-28-47-44(31-39)40-17-7-8-20-46(40)56-47/h1-31H. The lowest BCUT2D eigenvalue weighted by atomic mass is 9.97. The summed E-state index contributed by atoms with van der Waals surface area (Å²) >= 11 is 1.85. The molecule has 11 aromatic rings. The second-order valence-corrected chi connectivity index (χ2v) is 15.1. The molecule has 0 saturated carbocycles. The molecule has 0 fully saturated rings. The summed E-state index contributed by atoms with van der Waals surface area (Å²) in [7, 11) is 0. The second-order valence-electron chi connectivity index (χ2n) is 14.0. The van der Waals surface area contributed by atoms with E-state index in [0.717, 1.165) is 60.9 Å². The highest BCUT2D eigenvalue weighted by Crippen LogP contribution is 2.40. The number of aromatic nitrogens is 3. The number of benzene rings is 8. The van der Waals surface area contributed by atoms with Gasteiger partial charge in [-0.1, -0.05) is 146 Å². The van der Waals surface area contributed by atoms with Gasteiger partial charge in [0, 0.05) is 42.1 Å². The van der Waals surface area contributed by atoms with E-state index in [0.29, 0.717) is 17.5 Å². The Hall–Kier alpha value is -7.21. The molecule has 11 rings (SSSR count). The molecule has 3 aromatic heterocycles. The van der Waals surface area contributed by atoms with Crippen LogP contribution in [0.15, 0.2) is 192 Å². The number of fused-ring (bicyclic) bond motifs is 6. The van der Waals surface area contributed by atoms with Gasteiger partial charge in [0.25, 0.3) is 0 Å². The van der Waals surface area contributed by atoms with Crippen molar-refractivity contribution in [3.8, 4) is 67.5 Å². The molecule has 0 aliphatic rings. The molecule has 56 heavy (non-hydrogen) atoms. The summed E-state index contributed by atoms with van der Waals surface area (Å²) in [5.41, 5.74) is 11.2. The molecule has 0 amide bonds.